The topological polar surface area (TPSA) is 50.1 Å². The number of hydrogen-bond donors (Lipinski definition) is 0. The van der Waals surface area contributed by atoms with Gasteiger partial charge in [0.25, 0.3) is 0 Å². The zero-order valence-corrected chi connectivity index (χ0v) is 12.8. The smallest absolute Gasteiger partial charge is 0.433 e. The number of aromatic nitrogens is 1. The van der Waals surface area contributed by atoms with E-state index in [1.807, 2.05) is 0 Å². The molecular weight excluding hydrogens is 366 g/mol. The molecule has 0 amide bonds. The minimum absolute atomic E-state index is 0.216. The maximum absolute atomic E-state index is 12.9. The Balaban J connectivity index is 1.79. The van der Waals surface area contributed by atoms with Gasteiger partial charge < -0.3 is 9.64 Å². The molecule has 1 aromatic rings. The van der Waals surface area contributed by atoms with E-state index in [0.29, 0.717) is 11.3 Å². The first-order chi connectivity index (χ1) is 12.1. The first-order valence-electron chi connectivity index (χ1n) is 7.17. The molecule has 26 heavy (non-hydrogen) atoms. The highest BCUT2D eigenvalue weighted by Gasteiger charge is 2.40. The van der Waals surface area contributed by atoms with E-state index in [-0.39, 0.29) is 11.7 Å². The molecule has 11 heteroatoms. The van der Waals surface area contributed by atoms with E-state index in [9.17, 15) is 26.3 Å². The molecule has 0 bridgehead atoms. The summed E-state index contributed by atoms with van der Waals surface area (Å²) >= 11 is 0. The van der Waals surface area contributed by atoms with Gasteiger partial charge in [-0.2, -0.15) is 26.3 Å². The highest BCUT2D eigenvalue weighted by molar-refractivity contribution is 6.07. The van der Waals surface area contributed by atoms with Gasteiger partial charge in [0.2, 0.25) is 5.88 Å². The van der Waals surface area contributed by atoms with E-state index in [1.165, 1.54) is 29.3 Å². The molecule has 2 aliphatic rings. The second-order valence-electron chi connectivity index (χ2n) is 5.29. The van der Waals surface area contributed by atoms with E-state index < -0.39 is 31.2 Å². The fraction of sp³-hybridized carbons (Fsp3) is 0.267. The predicted octanol–water partition coefficient (Wildman–Crippen LogP) is 3.57. The molecule has 0 N–H and O–H groups in total. The van der Waals surface area contributed by atoms with E-state index >= 15 is 0 Å². The van der Waals surface area contributed by atoms with Gasteiger partial charge in [0.05, 0.1) is 12.2 Å². The number of halogens is 6. The van der Waals surface area contributed by atoms with Gasteiger partial charge in [0.15, 0.2) is 18.2 Å². The number of pyridine rings is 1. The second-order valence-corrected chi connectivity index (χ2v) is 5.29. The fourth-order valence-electron chi connectivity index (χ4n) is 2.25. The molecule has 2 aliphatic heterocycles. The van der Waals surface area contributed by atoms with Crippen LogP contribution in [0, 0.1) is 0 Å². The Hall–Kier alpha value is -2.85. The average molecular weight is 376 g/mol. The number of fused-ring (bicyclic) bond motifs is 1. The third-order valence-electron chi connectivity index (χ3n) is 3.39. The molecule has 3 heterocycles. The van der Waals surface area contributed by atoms with Crippen LogP contribution in [-0.2, 0) is 0 Å². The highest BCUT2D eigenvalue weighted by atomic mass is 19.4. The largest absolute Gasteiger partial charge is 0.468 e. The van der Waals surface area contributed by atoms with Gasteiger partial charge in [0, 0.05) is 17.8 Å². The van der Waals surface area contributed by atoms with Gasteiger partial charge in [-0.25, -0.2) is 4.98 Å². The summed E-state index contributed by atoms with van der Waals surface area (Å²) in [4.78, 5) is 5.05. The lowest BCUT2D eigenvalue weighted by atomic mass is 10.1. The summed E-state index contributed by atoms with van der Waals surface area (Å²) in [7, 11) is 0. The summed E-state index contributed by atoms with van der Waals surface area (Å²) in [6.07, 6.45) is -3.28. The fourth-order valence-corrected chi connectivity index (χ4v) is 2.25. The van der Waals surface area contributed by atoms with Crippen molar-refractivity contribution in [3.63, 3.8) is 0 Å². The molecule has 0 radical (unpaired) electrons. The van der Waals surface area contributed by atoms with Crippen molar-refractivity contribution < 1.29 is 31.1 Å². The maximum Gasteiger partial charge on any atom is 0.433 e. The van der Waals surface area contributed by atoms with E-state index in [1.54, 1.807) is 12.2 Å². The van der Waals surface area contributed by atoms with Crippen molar-refractivity contribution in [3.05, 3.63) is 42.1 Å². The Morgan fingerprint density at radius 1 is 1.08 bits per heavy atom. The minimum Gasteiger partial charge on any atom is -0.468 e. The van der Waals surface area contributed by atoms with Crippen molar-refractivity contribution in [1.29, 1.82) is 0 Å². The predicted molar refractivity (Wildman–Crippen MR) is 80.5 cm³/mol. The molecule has 0 spiro atoms. The number of ether oxygens (including phenoxy) is 1. The molecule has 138 valence electrons. The standard InChI is InChI=1S/C15H10F6N4O/c16-14(17,18)8-26-13-5-4-9(6-22-13)10-2-1-3-12-24-23-11(7-25(10)12)15(19,20)21/h1-6H,7-8H2. The van der Waals surface area contributed by atoms with Crippen LogP contribution >= 0.6 is 0 Å². The number of rotatable bonds is 3. The van der Waals surface area contributed by atoms with Gasteiger partial charge in [-0.05, 0) is 18.2 Å². The average Bonchev–Trinajstić information content (AvgIpc) is 2.58. The lowest BCUT2D eigenvalue weighted by Crippen LogP contribution is -2.42. The first-order valence-corrected chi connectivity index (χ1v) is 7.17. The van der Waals surface area contributed by atoms with Crippen LogP contribution in [0.1, 0.15) is 5.56 Å². The number of alkyl halides is 6. The number of hydrogen-bond acceptors (Lipinski definition) is 5. The van der Waals surface area contributed by atoms with Gasteiger partial charge in [-0.3, -0.25) is 0 Å². The van der Waals surface area contributed by atoms with Gasteiger partial charge in [0.1, 0.15) is 0 Å². The first kappa shape index (κ1) is 18.0. The third-order valence-corrected chi connectivity index (χ3v) is 3.39. The quantitative estimate of drug-likeness (QED) is 0.758. The molecule has 0 aromatic carbocycles. The Labute approximate surface area is 143 Å². The van der Waals surface area contributed by atoms with Crippen molar-refractivity contribution in [2.75, 3.05) is 13.2 Å². The zero-order valence-electron chi connectivity index (χ0n) is 12.8. The normalized spacial score (nSPS) is 17.3. The van der Waals surface area contributed by atoms with Crippen LogP contribution in [0.15, 0.2) is 46.8 Å². The maximum atomic E-state index is 12.9. The zero-order chi connectivity index (χ0) is 18.9. The van der Waals surface area contributed by atoms with Crippen molar-refractivity contribution in [2.24, 2.45) is 10.2 Å². The van der Waals surface area contributed by atoms with Crippen LogP contribution in [0.2, 0.25) is 0 Å². The second kappa shape index (κ2) is 6.46. The highest BCUT2D eigenvalue weighted by Crippen LogP contribution is 2.29. The van der Waals surface area contributed by atoms with Crippen LogP contribution in [0.5, 0.6) is 5.88 Å². The van der Waals surface area contributed by atoms with Crippen LogP contribution < -0.4 is 4.74 Å². The van der Waals surface area contributed by atoms with Gasteiger partial charge in [-0.1, -0.05) is 6.08 Å². The van der Waals surface area contributed by atoms with Crippen LogP contribution in [0.4, 0.5) is 26.3 Å². The molecule has 5 nitrogen and oxygen atoms in total. The van der Waals surface area contributed by atoms with Gasteiger partial charge in [-0.15, -0.1) is 10.2 Å². The molecule has 0 saturated carbocycles. The van der Waals surface area contributed by atoms with Crippen molar-refractivity contribution in [3.8, 4) is 5.88 Å². The molecule has 0 atom stereocenters. The van der Waals surface area contributed by atoms with Crippen molar-refractivity contribution in [2.45, 2.75) is 12.4 Å². The molecule has 0 saturated heterocycles. The van der Waals surface area contributed by atoms with Crippen molar-refractivity contribution >= 4 is 17.2 Å². The number of nitrogens with zero attached hydrogens (tertiary/aromatic N) is 4. The SMILES string of the molecule is FC(F)(F)COc1ccc(C2=CC=CC3=NN=C(C(F)(F)F)CN23)cn1. The van der Waals surface area contributed by atoms with Crippen LogP contribution in [0.25, 0.3) is 5.70 Å². The van der Waals surface area contributed by atoms with E-state index in [2.05, 4.69) is 19.9 Å². The Morgan fingerprint density at radius 3 is 2.46 bits per heavy atom. The summed E-state index contributed by atoms with van der Waals surface area (Å²) in [5.74, 6) is -0.0315. The third kappa shape index (κ3) is 4.03. The Kier molecular flexibility index (Phi) is 4.46. The molecule has 1 aromatic heterocycles. The number of allylic oxidation sites excluding steroid dienone is 2. The van der Waals surface area contributed by atoms with Crippen LogP contribution in [0.3, 0.4) is 0 Å². The van der Waals surface area contributed by atoms with E-state index in [0.717, 1.165) is 0 Å². The van der Waals surface area contributed by atoms with E-state index in [4.69, 9.17) is 0 Å². The minimum atomic E-state index is -4.62. The molecule has 0 aliphatic carbocycles. The lowest BCUT2D eigenvalue weighted by molar-refractivity contribution is -0.154. The Bertz CT molecular complexity index is 805. The van der Waals surface area contributed by atoms with Crippen molar-refractivity contribution in [1.82, 2.24) is 9.88 Å². The van der Waals surface area contributed by atoms with Crippen LogP contribution in [-0.4, -0.2) is 46.9 Å². The summed E-state index contributed by atoms with van der Waals surface area (Å²) in [6, 6.07) is 2.61. The molecule has 0 fully saturated rings. The Morgan fingerprint density at radius 2 is 1.85 bits per heavy atom. The lowest BCUT2D eigenvalue weighted by Gasteiger charge is -2.31. The summed E-state index contributed by atoms with van der Waals surface area (Å²) in [5, 5.41) is 6.75. The summed E-state index contributed by atoms with van der Waals surface area (Å²) < 4.78 is 79.6. The summed E-state index contributed by atoms with van der Waals surface area (Å²) in [6.45, 7) is -2.02. The molecule has 0 unspecified atom stereocenters. The summed E-state index contributed by atoms with van der Waals surface area (Å²) in [5.41, 5.74) is -0.303. The number of amidine groups is 1. The van der Waals surface area contributed by atoms with Gasteiger partial charge >= 0.3 is 12.4 Å². The molecular formula is C15H10F6N4O. The monoisotopic (exact) mass is 376 g/mol. The molecule has 3 rings (SSSR count).